The molecule has 2 rings (SSSR count). The summed E-state index contributed by atoms with van der Waals surface area (Å²) >= 11 is 0. The van der Waals surface area contributed by atoms with Crippen molar-refractivity contribution >= 4 is 0 Å². The van der Waals surface area contributed by atoms with Gasteiger partial charge in [-0.25, -0.2) is 0 Å². The Morgan fingerprint density at radius 2 is 2.07 bits per heavy atom. The van der Waals surface area contributed by atoms with Gasteiger partial charge in [-0.1, -0.05) is 30.3 Å². The molecule has 2 heteroatoms. The molecule has 0 radical (unpaired) electrons. The lowest BCUT2D eigenvalue weighted by atomic mass is 9.90. The predicted octanol–water partition coefficient (Wildman–Crippen LogP) is 2.86. The fourth-order valence-electron chi connectivity index (χ4n) is 2.06. The summed E-state index contributed by atoms with van der Waals surface area (Å²) in [5, 5.41) is 9.20. The molecule has 0 bridgehead atoms. The van der Waals surface area contributed by atoms with Crippen molar-refractivity contribution in [2.45, 2.75) is 31.3 Å². The third kappa shape index (κ3) is 2.37. The van der Waals surface area contributed by atoms with Crippen molar-refractivity contribution in [3.8, 4) is 6.07 Å². The number of nitriles is 1. The highest BCUT2D eigenvalue weighted by Gasteiger charge is 2.25. The lowest BCUT2D eigenvalue weighted by molar-refractivity contribution is 0.00902. The zero-order chi connectivity index (χ0) is 10.5. The minimum atomic E-state index is -0.105. The van der Waals surface area contributed by atoms with Crippen LogP contribution >= 0.6 is 0 Å². The molecule has 0 aliphatic carbocycles. The Bertz CT molecular complexity index is 335. The van der Waals surface area contributed by atoms with Crippen molar-refractivity contribution in [1.82, 2.24) is 0 Å². The fraction of sp³-hybridized carbons (Fsp3) is 0.462. The topological polar surface area (TPSA) is 33.0 Å². The molecule has 0 amide bonds. The van der Waals surface area contributed by atoms with Crippen molar-refractivity contribution in [2.75, 3.05) is 6.61 Å². The van der Waals surface area contributed by atoms with Gasteiger partial charge in [-0.2, -0.15) is 5.26 Å². The highest BCUT2D eigenvalue weighted by atomic mass is 16.5. The van der Waals surface area contributed by atoms with Gasteiger partial charge in [0.2, 0.25) is 0 Å². The molecule has 1 heterocycles. The second-order valence-electron chi connectivity index (χ2n) is 3.92. The van der Waals surface area contributed by atoms with E-state index in [1.165, 1.54) is 6.42 Å². The molecule has 1 fully saturated rings. The van der Waals surface area contributed by atoms with Crippen molar-refractivity contribution in [3.05, 3.63) is 35.9 Å². The zero-order valence-corrected chi connectivity index (χ0v) is 8.73. The van der Waals surface area contributed by atoms with Crippen LogP contribution in [0.2, 0.25) is 0 Å². The normalized spacial score (nSPS) is 23.0. The molecule has 2 atom stereocenters. The molecule has 1 aromatic carbocycles. The Labute approximate surface area is 90.5 Å². The van der Waals surface area contributed by atoms with Gasteiger partial charge in [0.05, 0.1) is 18.1 Å². The van der Waals surface area contributed by atoms with Crippen LogP contribution in [0, 0.1) is 11.3 Å². The van der Waals surface area contributed by atoms with E-state index in [0.717, 1.165) is 25.0 Å². The predicted molar refractivity (Wildman–Crippen MR) is 58.4 cm³/mol. The number of ether oxygens (including phenoxy) is 1. The van der Waals surface area contributed by atoms with E-state index in [4.69, 9.17) is 4.74 Å². The quantitative estimate of drug-likeness (QED) is 0.737. The molecule has 2 nitrogen and oxygen atoms in total. The molecule has 15 heavy (non-hydrogen) atoms. The smallest absolute Gasteiger partial charge is 0.0974 e. The summed E-state index contributed by atoms with van der Waals surface area (Å²) in [7, 11) is 0. The number of hydrogen-bond donors (Lipinski definition) is 0. The van der Waals surface area contributed by atoms with Crippen LogP contribution in [0.1, 0.15) is 30.7 Å². The lowest BCUT2D eigenvalue weighted by Gasteiger charge is -2.26. The van der Waals surface area contributed by atoms with Gasteiger partial charge in [-0.15, -0.1) is 0 Å². The molecule has 0 spiro atoms. The third-order valence-corrected chi connectivity index (χ3v) is 2.88. The second kappa shape index (κ2) is 4.95. The van der Waals surface area contributed by atoms with Gasteiger partial charge in [0.15, 0.2) is 0 Å². The summed E-state index contributed by atoms with van der Waals surface area (Å²) in [4.78, 5) is 0. The molecular formula is C13H15NO. The van der Waals surface area contributed by atoms with E-state index in [0.29, 0.717) is 0 Å². The summed E-state index contributed by atoms with van der Waals surface area (Å²) in [5.41, 5.74) is 1.08. The van der Waals surface area contributed by atoms with Gasteiger partial charge in [0, 0.05) is 6.61 Å². The summed E-state index contributed by atoms with van der Waals surface area (Å²) < 4.78 is 5.66. The van der Waals surface area contributed by atoms with Gasteiger partial charge in [-0.05, 0) is 24.8 Å². The minimum absolute atomic E-state index is 0.0890. The van der Waals surface area contributed by atoms with Crippen LogP contribution in [-0.2, 0) is 4.74 Å². The van der Waals surface area contributed by atoms with Crippen LogP contribution in [0.25, 0.3) is 0 Å². The first-order valence-corrected chi connectivity index (χ1v) is 5.48. The Balaban J connectivity index is 2.14. The highest BCUT2D eigenvalue weighted by Crippen LogP contribution is 2.27. The van der Waals surface area contributed by atoms with E-state index in [2.05, 4.69) is 6.07 Å². The van der Waals surface area contributed by atoms with Crippen molar-refractivity contribution in [1.29, 1.82) is 5.26 Å². The van der Waals surface area contributed by atoms with Crippen LogP contribution in [0.15, 0.2) is 30.3 Å². The zero-order valence-electron chi connectivity index (χ0n) is 8.73. The second-order valence-corrected chi connectivity index (χ2v) is 3.92. The van der Waals surface area contributed by atoms with Gasteiger partial charge in [-0.3, -0.25) is 0 Å². The average molecular weight is 201 g/mol. The van der Waals surface area contributed by atoms with Gasteiger partial charge >= 0.3 is 0 Å². The fourth-order valence-corrected chi connectivity index (χ4v) is 2.06. The molecule has 1 saturated heterocycles. The molecule has 0 N–H and O–H groups in total. The summed E-state index contributed by atoms with van der Waals surface area (Å²) in [6.45, 7) is 0.801. The van der Waals surface area contributed by atoms with Crippen molar-refractivity contribution in [2.24, 2.45) is 0 Å². The van der Waals surface area contributed by atoms with Gasteiger partial charge in [0.25, 0.3) is 0 Å². The SMILES string of the molecule is N#CC(c1ccccc1)C1CCCCO1. The maximum absolute atomic E-state index is 9.20. The first kappa shape index (κ1) is 10.2. The van der Waals surface area contributed by atoms with E-state index in [-0.39, 0.29) is 12.0 Å². The first-order chi connectivity index (χ1) is 7.42. The van der Waals surface area contributed by atoms with E-state index >= 15 is 0 Å². The Morgan fingerprint density at radius 1 is 1.27 bits per heavy atom. The molecule has 2 unspecified atom stereocenters. The molecule has 78 valence electrons. The number of nitrogens with zero attached hydrogens (tertiary/aromatic N) is 1. The summed E-state index contributed by atoms with van der Waals surface area (Å²) in [5.74, 6) is -0.105. The van der Waals surface area contributed by atoms with E-state index in [9.17, 15) is 5.26 Å². The van der Waals surface area contributed by atoms with E-state index in [1.807, 2.05) is 30.3 Å². The summed E-state index contributed by atoms with van der Waals surface area (Å²) in [6, 6.07) is 12.3. The van der Waals surface area contributed by atoms with E-state index in [1.54, 1.807) is 0 Å². The monoisotopic (exact) mass is 201 g/mol. The highest BCUT2D eigenvalue weighted by molar-refractivity contribution is 5.26. The standard InChI is InChI=1S/C13H15NO/c14-10-12(11-6-2-1-3-7-11)13-8-4-5-9-15-13/h1-3,6-7,12-13H,4-5,8-9H2. The van der Waals surface area contributed by atoms with Crippen LogP contribution < -0.4 is 0 Å². The van der Waals surface area contributed by atoms with E-state index < -0.39 is 0 Å². The lowest BCUT2D eigenvalue weighted by Crippen LogP contribution is -2.25. The Hall–Kier alpha value is -1.33. The number of hydrogen-bond acceptors (Lipinski definition) is 2. The number of benzene rings is 1. The van der Waals surface area contributed by atoms with Gasteiger partial charge in [0.1, 0.15) is 0 Å². The molecule has 0 saturated carbocycles. The largest absolute Gasteiger partial charge is 0.376 e. The minimum Gasteiger partial charge on any atom is -0.376 e. The molecule has 1 aliphatic rings. The van der Waals surface area contributed by atoms with Crippen LogP contribution in [-0.4, -0.2) is 12.7 Å². The third-order valence-electron chi connectivity index (χ3n) is 2.88. The average Bonchev–Trinajstić information content (AvgIpc) is 2.33. The first-order valence-electron chi connectivity index (χ1n) is 5.48. The maximum atomic E-state index is 9.20. The molecular weight excluding hydrogens is 186 g/mol. The molecule has 0 aromatic heterocycles. The molecule has 1 aromatic rings. The Morgan fingerprint density at radius 3 is 2.67 bits per heavy atom. The molecule has 1 aliphatic heterocycles. The van der Waals surface area contributed by atoms with Gasteiger partial charge < -0.3 is 4.74 Å². The maximum Gasteiger partial charge on any atom is 0.0974 e. The number of rotatable bonds is 2. The van der Waals surface area contributed by atoms with Crippen molar-refractivity contribution in [3.63, 3.8) is 0 Å². The van der Waals surface area contributed by atoms with Crippen molar-refractivity contribution < 1.29 is 4.74 Å². The summed E-state index contributed by atoms with van der Waals surface area (Å²) in [6.07, 6.45) is 3.40. The van der Waals surface area contributed by atoms with Crippen LogP contribution in [0.5, 0.6) is 0 Å². The van der Waals surface area contributed by atoms with Crippen LogP contribution in [0.4, 0.5) is 0 Å². The van der Waals surface area contributed by atoms with Crippen LogP contribution in [0.3, 0.4) is 0 Å². The Kier molecular flexibility index (Phi) is 3.37.